The van der Waals surface area contributed by atoms with Crippen molar-refractivity contribution in [1.82, 2.24) is 10.1 Å². The van der Waals surface area contributed by atoms with Crippen LogP contribution in [0.3, 0.4) is 0 Å². The highest BCUT2D eigenvalue weighted by atomic mass is 35.5. The number of piperidine rings is 1. The van der Waals surface area contributed by atoms with E-state index in [1.807, 2.05) is 0 Å². The zero-order valence-electron chi connectivity index (χ0n) is 13.0. The maximum atomic E-state index is 13.2. The topological polar surface area (TPSA) is 86.8 Å². The summed E-state index contributed by atoms with van der Waals surface area (Å²) in [5.41, 5.74) is 7.23. The molecule has 5 nitrogen and oxygen atoms in total. The van der Waals surface area contributed by atoms with Crippen molar-refractivity contribution in [3.05, 3.63) is 29.7 Å². The monoisotopic (exact) mass is 367 g/mol. The number of fused-ring (bicyclic) bond motifs is 1. The highest BCUT2D eigenvalue weighted by Crippen LogP contribution is 2.33. The minimum Gasteiger partial charge on any atom is -0.412 e. The first-order chi connectivity index (χ1) is 9.69. The number of aromatic nitrogens is 1. The van der Waals surface area contributed by atoms with Crippen LogP contribution in [-0.4, -0.2) is 41.2 Å². The molecule has 1 aliphatic heterocycles. The highest BCUT2D eigenvalue weighted by Gasteiger charge is 2.26. The zero-order chi connectivity index (χ0) is 14.1. The Morgan fingerprint density at radius 2 is 2.00 bits per heavy atom. The smallest absolute Gasteiger partial charge is 0.170 e. The van der Waals surface area contributed by atoms with E-state index in [1.54, 1.807) is 6.07 Å². The molecule has 1 atom stereocenters. The summed E-state index contributed by atoms with van der Waals surface area (Å²) in [5, 5.41) is 5.11. The molecule has 0 aliphatic carbocycles. The number of benzene rings is 1. The van der Waals surface area contributed by atoms with Crippen LogP contribution in [0.25, 0.3) is 11.0 Å². The van der Waals surface area contributed by atoms with E-state index < -0.39 is 0 Å². The predicted octanol–water partition coefficient (Wildman–Crippen LogP) is 2.51. The van der Waals surface area contributed by atoms with Crippen molar-refractivity contribution in [3.63, 3.8) is 0 Å². The Labute approximate surface area is 147 Å². The lowest BCUT2D eigenvalue weighted by atomic mass is 9.91. The van der Waals surface area contributed by atoms with E-state index in [2.05, 4.69) is 17.0 Å². The molecule has 4 N–H and O–H groups in total. The Hall–Kier alpha value is -0.920. The molecule has 1 aliphatic rings. The lowest BCUT2D eigenvalue weighted by Crippen LogP contribution is -2.43. The second kappa shape index (κ2) is 9.39. The summed E-state index contributed by atoms with van der Waals surface area (Å²) in [4.78, 5) is 2.42. The van der Waals surface area contributed by atoms with E-state index >= 15 is 0 Å². The van der Waals surface area contributed by atoms with Crippen molar-refractivity contribution in [2.75, 3.05) is 19.6 Å². The van der Waals surface area contributed by atoms with Gasteiger partial charge in [-0.05, 0) is 45.0 Å². The molecule has 0 spiro atoms. The molecule has 3 rings (SSSR count). The van der Waals surface area contributed by atoms with Crippen LogP contribution in [0.1, 0.15) is 31.4 Å². The maximum Gasteiger partial charge on any atom is 0.170 e. The molecule has 0 amide bonds. The summed E-state index contributed by atoms with van der Waals surface area (Å²) in [7, 11) is 0. The van der Waals surface area contributed by atoms with Gasteiger partial charge in [-0.1, -0.05) is 5.16 Å². The van der Waals surface area contributed by atoms with Gasteiger partial charge >= 0.3 is 0 Å². The van der Waals surface area contributed by atoms with Crippen LogP contribution in [-0.2, 0) is 0 Å². The molecule has 1 unspecified atom stereocenters. The molecular formula is C15H24Cl2FN3O2. The molecule has 23 heavy (non-hydrogen) atoms. The minimum atomic E-state index is -0.285. The third-order valence-electron chi connectivity index (χ3n) is 4.34. The Morgan fingerprint density at radius 3 is 2.61 bits per heavy atom. The number of hydrogen-bond acceptors (Lipinski definition) is 4. The molecule has 1 aromatic carbocycles. The van der Waals surface area contributed by atoms with Crippen LogP contribution < -0.4 is 5.73 Å². The fourth-order valence-corrected chi connectivity index (χ4v) is 2.99. The average Bonchev–Trinajstić information content (AvgIpc) is 2.89. The second-order valence-electron chi connectivity index (χ2n) is 5.60. The summed E-state index contributed by atoms with van der Waals surface area (Å²) in [6.07, 6.45) is 2.09. The summed E-state index contributed by atoms with van der Waals surface area (Å²) >= 11 is 0. The molecule has 8 heteroatoms. The largest absolute Gasteiger partial charge is 0.412 e. The maximum absolute atomic E-state index is 13.2. The lowest BCUT2D eigenvalue weighted by molar-refractivity contribution is 0.163. The van der Waals surface area contributed by atoms with Crippen molar-refractivity contribution in [1.29, 1.82) is 0 Å². The van der Waals surface area contributed by atoms with Gasteiger partial charge in [0.25, 0.3) is 0 Å². The Morgan fingerprint density at radius 1 is 1.35 bits per heavy atom. The summed E-state index contributed by atoms with van der Waals surface area (Å²) in [6.45, 7) is 4.91. The Balaban J connectivity index is 0.00000161. The van der Waals surface area contributed by atoms with Gasteiger partial charge in [0, 0.05) is 30.0 Å². The first-order valence-electron chi connectivity index (χ1n) is 7.18. The summed E-state index contributed by atoms with van der Waals surface area (Å²) < 4.78 is 18.4. The van der Waals surface area contributed by atoms with Crippen LogP contribution >= 0.6 is 24.8 Å². The molecule has 132 valence electrons. The molecular weight excluding hydrogens is 344 g/mol. The zero-order valence-corrected chi connectivity index (χ0v) is 14.6. The number of rotatable bonds is 3. The number of halogens is 3. The normalized spacial score (nSPS) is 17.0. The van der Waals surface area contributed by atoms with Gasteiger partial charge in [-0.15, -0.1) is 24.8 Å². The lowest BCUT2D eigenvalue weighted by Gasteiger charge is -2.34. The molecule has 2 heterocycles. The van der Waals surface area contributed by atoms with Crippen LogP contribution in [0.5, 0.6) is 0 Å². The van der Waals surface area contributed by atoms with Crippen molar-refractivity contribution < 1.29 is 14.4 Å². The highest BCUT2D eigenvalue weighted by molar-refractivity contribution is 5.85. The second-order valence-corrected chi connectivity index (χ2v) is 5.60. The minimum absolute atomic E-state index is 0. The van der Waals surface area contributed by atoms with Gasteiger partial charge in [0.05, 0.1) is 5.69 Å². The molecule has 1 aromatic heterocycles. The van der Waals surface area contributed by atoms with E-state index in [1.165, 1.54) is 12.1 Å². The first-order valence-corrected chi connectivity index (χ1v) is 7.18. The number of likely N-dealkylation sites (tertiary alicyclic amines) is 1. The van der Waals surface area contributed by atoms with Gasteiger partial charge < -0.3 is 15.7 Å². The third-order valence-corrected chi connectivity index (χ3v) is 4.34. The molecule has 0 radical (unpaired) electrons. The Bertz CT molecular complexity index is 603. The first kappa shape index (κ1) is 22.1. The van der Waals surface area contributed by atoms with Gasteiger partial charge in [0.15, 0.2) is 5.58 Å². The number of nitrogens with zero attached hydrogens (tertiary/aromatic N) is 2. The molecule has 1 saturated heterocycles. The van der Waals surface area contributed by atoms with E-state index in [4.69, 9.17) is 10.3 Å². The van der Waals surface area contributed by atoms with Crippen LogP contribution in [0.15, 0.2) is 22.7 Å². The standard InChI is InChI=1S/C15H20FN3O.2ClH.H2O/c1-10(9-17)19-6-4-11(5-7-19)15-13-3-2-12(16)8-14(13)20-18-15;;;/h2-3,8,10-11H,4-7,9,17H2,1H3;2*1H;1H2. The van der Waals surface area contributed by atoms with E-state index in [0.29, 0.717) is 24.1 Å². The molecule has 1 fully saturated rings. The fraction of sp³-hybridized carbons (Fsp3) is 0.533. The van der Waals surface area contributed by atoms with E-state index in [0.717, 1.165) is 37.0 Å². The van der Waals surface area contributed by atoms with Crippen molar-refractivity contribution in [2.24, 2.45) is 5.73 Å². The van der Waals surface area contributed by atoms with Crippen molar-refractivity contribution >= 4 is 35.8 Å². The van der Waals surface area contributed by atoms with Crippen LogP contribution in [0, 0.1) is 5.82 Å². The average molecular weight is 368 g/mol. The quantitative estimate of drug-likeness (QED) is 0.902. The summed E-state index contributed by atoms with van der Waals surface area (Å²) in [5.74, 6) is 0.106. The SMILES string of the molecule is CC(CN)N1CCC(c2noc3cc(F)ccc23)CC1.Cl.Cl.O. The van der Waals surface area contributed by atoms with Gasteiger partial charge in [0.2, 0.25) is 0 Å². The van der Waals surface area contributed by atoms with E-state index in [9.17, 15) is 4.39 Å². The van der Waals surface area contributed by atoms with Crippen LogP contribution in [0.2, 0.25) is 0 Å². The van der Waals surface area contributed by atoms with E-state index in [-0.39, 0.29) is 36.1 Å². The number of hydrogen-bond donors (Lipinski definition) is 1. The number of nitrogens with two attached hydrogens (primary N) is 1. The third kappa shape index (κ3) is 4.55. The van der Waals surface area contributed by atoms with Crippen LogP contribution in [0.4, 0.5) is 4.39 Å². The van der Waals surface area contributed by atoms with Gasteiger partial charge in [-0.3, -0.25) is 4.90 Å². The van der Waals surface area contributed by atoms with Crippen molar-refractivity contribution in [2.45, 2.75) is 31.7 Å². The summed E-state index contributed by atoms with van der Waals surface area (Å²) in [6, 6.07) is 5.07. The fourth-order valence-electron chi connectivity index (χ4n) is 2.99. The molecule has 2 aromatic rings. The van der Waals surface area contributed by atoms with Gasteiger partial charge in [0.1, 0.15) is 5.82 Å². The Kier molecular flexibility index (Phi) is 9.02. The molecule has 0 bridgehead atoms. The molecule has 0 saturated carbocycles. The van der Waals surface area contributed by atoms with Gasteiger partial charge in [-0.25, -0.2) is 4.39 Å². The van der Waals surface area contributed by atoms with Gasteiger partial charge in [-0.2, -0.15) is 0 Å². The van der Waals surface area contributed by atoms with Crippen molar-refractivity contribution in [3.8, 4) is 0 Å². The predicted molar refractivity (Wildman–Crippen MR) is 94.1 cm³/mol.